The second-order valence-electron chi connectivity index (χ2n) is 4.75. The van der Waals surface area contributed by atoms with Crippen molar-refractivity contribution in [2.75, 3.05) is 39.5 Å². The zero-order chi connectivity index (χ0) is 13.8. The first-order chi connectivity index (χ1) is 9.36. The highest BCUT2D eigenvalue weighted by atomic mass is 16.5. The molecule has 5 heteroatoms. The minimum atomic E-state index is 0.330. The van der Waals surface area contributed by atoms with Gasteiger partial charge in [-0.05, 0) is 32.6 Å². The number of rotatable bonds is 9. The Morgan fingerprint density at radius 3 is 2.95 bits per heavy atom. The van der Waals surface area contributed by atoms with E-state index in [9.17, 15) is 0 Å². The van der Waals surface area contributed by atoms with Gasteiger partial charge < -0.3 is 20.1 Å². The summed E-state index contributed by atoms with van der Waals surface area (Å²) >= 11 is 0. The molecule has 1 aliphatic rings. The van der Waals surface area contributed by atoms with E-state index in [0.29, 0.717) is 6.10 Å². The van der Waals surface area contributed by atoms with E-state index in [0.717, 1.165) is 64.7 Å². The molecule has 5 nitrogen and oxygen atoms in total. The molecule has 19 heavy (non-hydrogen) atoms. The Bertz CT molecular complexity index is 241. The molecular weight excluding hydrogens is 242 g/mol. The van der Waals surface area contributed by atoms with Gasteiger partial charge in [0.25, 0.3) is 0 Å². The van der Waals surface area contributed by atoms with Gasteiger partial charge in [0.2, 0.25) is 0 Å². The molecule has 1 atom stereocenters. The highest BCUT2D eigenvalue weighted by Crippen LogP contribution is 2.11. The van der Waals surface area contributed by atoms with Crippen LogP contribution in [-0.4, -0.2) is 51.5 Å². The van der Waals surface area contributed by atoms with Crippen molar-refractivity contribution in [3.63, 3.8) is 0 Å². The summed E-state index contributed by atoms with van der Waals surface area (Å²) in [4.78, 5) is 4.45. The second-order valence-corrected chi connectivity index (χ2v) is 4.75. The number of guanidine groups is 1. The Morgan fingerprint density at radius 1 is 1.37 bits per heavy atom. The van der Waals surface area contributed by atoms with Crippen molar-refractivity contribution >= 4 is 5.96 Å². The molecule has 1 rings (SSSR count). The minimum absolute atomic E-state index is 0.330. The van der Waals surface area contributed by atoms with Crippen LogP contribution in [0.2, 0.25) is 0 Å². The maximum Gasteiger partial charge on any atom is 0.191 e. The lowest BCUT2D eigenvalue weighted by molar-refractivity contribution is 0.0168. The summed E-state index contributed by atoms with van der Waals surface area (Å²) in [5, 5.41) is 6.54. The molecule has 0 saturated carbocycles. The van der Waals surface area contributed by atoms with Crippen LogP contribution >= 0.6 is 0 Å². The summed E-state index contributed by atoms with van der Waals surface area (Å²) in [7, 11) is 0. The van der Waals surface area contributed by atoms with Crippen LogP contribution in [0.4, 0.5) is 0 Å². The molecule has 0 aromatic rings. The van der Waals surface area contributed by atoms with Gasteiger partial charge in [-0.2, -0.15) is 0 Å². The molecule has 0 bridgehead atoms. The molecule has 0 radical (unpaired) electrons. The van der Waals surface area contributed by atoms with Gasteiger partial charge in [0, 0.05) is 32.8 Å². The number of hydrogen-bond acceptors (Lipinski definition) is 3. The van der Waals surface area contributed by atoms with Crippen LogP contribution in [0, 0.1) is 0 Å². The van der Waals surface area contributed by atoms with Crippen molar-refractivity contribution in [3.8, 4) is 0 Å². The van der Waals surface area contributed by atoms with Crippen molar-refractivity contribution in [1.29, 1.82) is 0 Å². The first-order valence-corrected chi connectivity index (χ1v) is 7.58. The van der Waals surface area contributed by atoms with Gasteiger partial charge in [0.05, 0.1) is 12.7 Å². The van der Waals surface area contributed by atoms with Gasteiger partial charge in [-0.25, -0.2) is 0 Å². The molecule has 1 saturated heterocycles. The summed E-state index contributed by atoms with van der Waals surface area (Å²) < 4.78 is 11.1. The molecular formula is C14H29N3O2. The predicted octanol–water partition coefficient (Wildman–Crippen LogP) is 1.54. The summed E-state index contributed by atoms with van der Waals surface area (Å²) in [6.07, 6.45) is 4.71. The first kappa shape index (κ1) is 16.2. The van der Waals surface area contributed by atoms with Crippen molar-refractivity contribution in [2.24, 2.45) is 4.99 Å². The Morgan fingerprint density at radius 2 is 2.26 bits per heavy atom. The lowest BCUT2D eigenvalue weighted by Crippen LogP contribution is -2.38. The lowest BCUT2D eigenvalue weighted by Gasteiger charge is -2.12. The molecule has 0 aromatic heterocycles. The number of hydrogen-bond donors (Lipinski definition) is 2. The van der Waals surface area contributed by atoms with Crippen molar-refractivity contribution in [1.82, 2.24) is 10.6 Å². The third-order valence-electron chi connectivity index (χ3n) is 2.92. The fourth-order valence-electron chi connectivity index (χ4n) is 1.94. The fourth-order valence-corrected chi connectivity index (χ4v) is 1.94. The third-order valence-corrected chi connectivity index (χ3v) is 2.92. The molecule has 1 fully saturated rings. The van der Waals surface area contributed by atoms with Crippen LogP contribution < -0.4 is 10.6 Å². The first-order valence-electron chi connectivity index (χ1n) is 7.58. The highest BCUT2D eigenvalue weighted by molar-refractivity contribution is 5.79. The van der Waals surface area contributed by atoms with Crippen molar-refractivity contribution < 1.29 is 9.47 Å². The topological polar surface area (TPSA) is 54.9 Å². The van der Waals surface area contributed by atoms with Gasteiger partial charge in [0.15, 0.2) is 5.96 Å². The summed E-state index contributed by atoms with van der Waals surface area (Å²) in [5.74, 6) is 0.906. The fraction of sp³-hybridized carbons (Fsp3) is 0.929. The standard InChI is InChI=1S/C14H29N3O2/c1-3-8-16-14(15-4-2)17-9-6-10-18-12-13-7-5-11-19-13/h13H,3-12H2,1-2H3,(H2,15,16,17). The monoisotopic (exact) mass is 271 g/mol. The molecule has 0 amide bonds. The Labute approximate surface area is 117 Å². The average Bonchev–Trinajstić information content (AvgIpc) is 2.93. The minimum Gasteiger partial charge on any atom is -0.379 e. The zero-order valence-corrected chi connectivity index (χ0v) is 12.4. The van der Waals surface area contributed by atoms with Gasteiger partial charge in [-0.3, -0.25) is 4.99 Å². The number of nitrogens with zero attached hydrogens (tertiary/aromatic N) is 1. The molecule has 2 N–H and O–H groups in total. The van der Waals surface area contributed by atoms with Crippen molar-refractivity contribution in [3.05, 3.63) is 0 Å². The van der Waals surface area contributed by atoms with E-state index >= 15 is 0 Å². The number of aliphatic imine (C=N–C) groups is 1. The van der Waals surface area contributed by atoms with Gasteiger partial charge in [-0.1, -0.05) is 6.92 Å². The zero-order valence-electron chi connectivity index (χ0n) is 12.4. The lowest BCUT2D eigenvalue weighted by atomic mass is 10.2. The van der Waals surface area contributed by atoms with E-state index in [2.05, 4.69) is 29.5 Å². The van der Waals surface area contributed by atoms with Crippen LogP contribution in [0.5, 0.6) is 0 Å². The summed E-state index contributed by atoms with van der Waals surface area (Å²) in [5.41, 5.74) is 0. The van der Waals surface area contributed by atoms with E-state index in [1.165, 1.54) is 6.42 Å². The smallest absolute Gasteiger partial charge is 0.191 e. The maximum absolute atomic E-state index is 5.62. The van der Waals surface area contributed by atoms with Gasteiger partial charge >= 0.3 is 0 Å². The van der Waals surface area contributed by atoms with Crippen LogP contribution in [-0.2, 0) is 9.47 Å². The van der Waals surface area contributed by atoms with Crippen LogP contribution in [0.3, 0.4) is 0 Å². The van der Waals surface area contributed by atoms with Gasteiger partial charge in [-0.15, -0.1) is 0 Å². The van der Waals surface area contributed by atoms with Crippen LogP contribution in [0.1, 0.15) is 39.5 Å². The SMILES string of the molecule is CCCN=C(NCC)NCCCOCC1CCCO1. The van der Waals surface area contributed by atoms with E-state index in [1.54, 1.807) is 0 Å². The van der Waals surface area contributed by atoms with Crippen LogP contribution in [0.15, 0.2) is 4.99 Å². The summed E-state index contributed by atoms with van der Waals surface area (Å²) in [6.45, 7) is 9.27. The highest BCUT2D eigenvalue weighted by Gasteiger charge is 2.14. The summed E-state index contributed by atoms with van der Waals surface area (Å²) in [6, 6.07) is 0. The molecule has 0 aromatic carbocycles. The van der Waals surface area contributed by atoms with Crippen LogP contribution in [0.25, 0.3) is 0 Å². The Balaban J connectivity index is 1.98. The third kappa shape index (κ3) is 8.06. The quantitative estimate of drug-likeness (QED) is 0.379. The molecule has 112 valence electrons. The van der Waals surface area contributed by atoms with Gasteiger partial charge in [0.1, 0.15) is 0 Å². The number of nitrogens with one attached hydrogen (secondary N) is 2. The maximum atomic E-state index is 5.62. The molecule has 0 aliphatic carbocycles. The Hall–Kier alpha value is -0.810. The largest absolute Gasteiger partial charge is 0.379 e. The molecule has 1 aliphatic heterocycles. The molecule has 1 unspecified atom stereocenters. The molecule has 1 heterocycles. The Kier molecular flexibility index (Phi) is 9.45. The van der Waals surface area contributed by atoms with E-state index in [4.69, 9.17) is 9.47 Å². The normalized spacial score (nSPS) is 19.7. The molecule has 0 spiro atoms. The number of ether oxygens (including phenoxy) is 2. The predicted molar refractivity (Wildman–Crippen MR) is 78.7 cm³/mol. The second kappa shape index (κ2) is 11.1. The van der Waals surface area contributed by atoms with Crippen molar-refractivity contribution in [2.45, 2.75) is 45.6 Å². The van der Waals surface area contributed by atoms with E-state index < -0.39 is 0 Å². The van der Waals surface area contributed by atoms with E-state index in [-0.39, 0.29) is 0 Å². The average molecular weight is 271 g/mol. The van der Waals surface area contributed by atoms with E-state index in [1.807, 2.05) is 0 Å².